The number of fused-ring (bicyclic) bond motifs is 1. The first-order valence-electron chi connectivity index (χ1n) is 5.87. The highest BCUT2D eigenvalue weighted by Crippen LogP contribution is 2.29. The lowest BCUT2D eigenvalue weighted by Crippen LogP contribution is -2.39. The minimum absolute atomic E-state index is 0.582. The van der Waals surface area contributed by atoms with Gasteiger partial charge in [0.1, 0.15) is 5.84 Å². The first kappa shape index (κ1) is 10.2. The van der Waals surface area contributed by atoms with Gasteiger partial charge in [0, 0.05) is 23.9 Å². The van der Waals surface area contributed by atoms with Crippen LogP contribution in [0.4, 0.5) is 0 Å². The molecular weight excluding hydrogens is 216 g/mol. The van der Waals surface area contributed by atoms with Gasteiger partial charge in [-0.1, -0.05) is 24.3 Å². The van der Waals surface area contributed by atoms with Crippen molar-refractivity contribution in [1.82, 2.24) is 4.90 Å². The largest absolute Gasteiger partial charge is 0.348 e. The summed E-state index contributed by atoms with van der Waals surface area (Å²) in [6.45, 7) is 0.945. The van der Waals surface area contributed by atoms with Crippen LogP contribution in [0.1, 0.15) is 24.0 Å². The molecule has 1 atom stereocenters. The van der Waals surface area contributed by atoms with Gasteiger partial charge in [0.05, 0.1) is 0 Å². The van der Waals surface area contributed by atoms with Gasteiger partial charge in [-0.15, -0.1) is 0 Å². The van der Waals surface area contributed by atoms with E-state index >= 15 is 0 Å². The van der Waals surface area contributed by atoms with Crippen LogP contribution in [-0.2, 0) is 6.54 Å². The molecule has 0 radical (unpaired) electrons. The number of thioether (sulfide) groups is 1. The molecule has 0 spiro atoms. The van der Waals surface area contributed by atoms with E-state index in [0.717, 1.165) is 17.9 Å². The van der Waals surface area contributed by atoms with Crippen LogP contribution in [0.2, 0.25) is 0 Å². The van der Waals surface area contributed by atoms with Crippen LogP contribution in [-0.4, -0.2) is 28.3 Å². The van der Waals surface area contributed by atoms with Crippen molar-refractivity contribution in [3.8, 4) is 0 Å². The molecule has 1 aromatic carbocycles. The maximum atomic E-state index is 8.24. The molecule has 2 nitrogen and oxygen atoms in total. The number of nitrogens with zero attached hydrogens (tertiary/aromatic N) is 1. The van der Waals surface area contributed by atoms with Crippen LogP contribution in [0, 0.1) is 5.41 Å². The van der Waals surface area contributed by atoms with E-state index in [0.29, 0.717) is 6.04 Å². The molecule has 2 aliphatic rings. The third-order valence-corrected chi connectivity index (χ3v) is 4.68. The number of benzene rings is 1. The topological polar surface area (TPSA) is 27.1 Å². The highest BCUT2D eigenvalue weighted by atomic mass is 32.2. The van der Waals surface area contributed by atoms with Crippen LogP contribution < -0.4 is 0 Å². The molecule has 0 bridgehead atoms. The van der Waals surface area contributed by atoms with E-state index in [1.807, 2.05) is 17.8 Å². The van der Waals surface area contributed by atoms with Gasteiger partial charge in [-0.05, 0) is 24.2 Å². The fraction of sp³-hybridized carbons (Fsp3) is 0.462. The number of amidine groups is 1. The summed E-state index contributed by atoms with van der Waals surface area (Å²) in [5.41, 5.74) is 2.46. The van der Waals surface area contributed by atoms with Crippen molar-refractivity contribution in [2.24, 2.45) is 0 Å². The molecule has 1 aromatic rings. The third kappa shape index (κ3) is 1.63. The molecular formula is C13H16N2S. The summed E-state index contributed by atoms with van der Waals surface area (Å²) >= 11 is 2.03. The normalized spacial score (nSPS) is 24.6. The van der Waals surface area contributed by atoms with E-state index in [4.69, 9.17) is 5.41 Å². The number of rotatable bonds is 1. The molecule has 1 unspecified atom stereocenters. The van der Waals surface area contributed by atoms with Crippen LogP contribution >= 0.6 is 11.8 Å². The van der Waals surface area contributed by atoms with E-state index in [-0.39, 0.29) is 0 Å². The van der Waals surface area contributed by atoms with Crippen molar-refractivity contribution in [3.05, 3.63) is 35.4 Å². The zero-order chi connectivity index (χ0) is 11.0. The SMILES string of the molecule is N=C1c2ccccc2CN1C1CCCSC1. The first-order chi connectivity index (χ1) is 7.86. The quantitative estimate of drug-likeness (QED) is 0.806. The van der Waals surface area contributed by atoms with E-state index < -0.39 is 0 Å². The lowest BCUT2D eigenvalue weighted by Gasteiger charge is -2.32. The predicted molar refractivity (Wildman–Crippen MR) is 69.2 cm³/mol. The highest BCUT2D eigenvalue weighted by molar-refractivity contribution is 7.99. The van der Waals surface area contributed by atoms with Crippen molar-refractivity contribution in [2.75, 3.05) is 11.5 Å². The number of hydrogen-bond donors (Lipinski definition) is 1. The molecule has 1 fully saturated rings. The van der Waals surface area contributed by atoms with Crippen molar-refractivity contribution in [1.29, 1.82) is 5.41 Å². The van der Waals surface area contributed by atoms with Crippen LogP contribution in [0.3, 0.4) is 0 Å². The number of nitrogens with one attached hydrogen (secondary N) is 1. The lowest BCUT2D eigenvalue weighted by atomic mass is 10.1. The van der Waals surface area contributed by atoms with Crippen LogP contribution in [0.5, 0.6) is 0 Å². The molecule has 1 N–H and O–H groups in total. The maximum Gasteiger partial charge on any atom is 0.128 e. The Balaban J connectivity index is 1.83. The molecule has 3 heteroatoms. The summed E-state index contributed by atoms with van der Waals surface area (Å²) < 4.78 is 0. The van der Waals surface area contributed by atoms with Gasteiger partial charge in [0.25, 0.3) is 0 Å². The Labute approximate surface area is 101 Å². The lowest BCUT2D eigenvalue weighted by molar-refractivity contribution is 0.317. The molecule has 16 heavy (non-hydrogen) atoms. The van der Waals surface area contributed by atoms with Crippen molar-refractivity contribution < 1.29 is 0 Å². The van der Waals surface area contributed by atoms with E-state index in [1.165, 1.54) is 29.9 Å². The maximum absolute atomic E-state index is 8.24. The summed E-state index contributed by atoms with van der Waals surface area (Å²) in [5.74, 6) is 3.23. The highest BCUT2D eigenvalue weighted by Gasteiger charge is 2.30. The van der Waals surface area contributed by atoms with Gasteiger partial charge in [0.2, 0.25) is 0 Å². The zero-order valence-electron chi connectivity index (χ0n) is 9.28. The molecule has 2 aliphatic heterocycles. The molecule has 2 heterocycles. The van der Waals surface area contributed by atoms with Gasteiger partial charge in [-0.3, -0.25) is 5.41 Å². The smallest absolute Gasteiger partial charge is 0.128 e. The molecule has 0 aliphatic carbocycles. The Morgan fingerprint density at radius 2 is 2.19 bits per heavy atom. The second-order valence-electron chi connectivity index (χ2n) is 4.50. The molecule has 0 saturated carbocycles. The van der Waals surface area contributed by atoms with E-state index in [9.17, 15) is 0 Å². The number of hydrogen-bond acceptors (Lipinski definition) is 2. The summed E-state index contributed by atoms with van der Waals surface area (Å²) in [6, 6.07) is 8.92. The first-order valence-corrected chi connectivity index (χ1v) is 7.03. The minimum atomic E-state index is 0.582. The Kier molecular flexibility index (Phi) is 2.64. The van der Waals surface area contributed by atoms with Gasteiger partial charge >= 0.3 is 0 Å². The van der Waals surface area contributed by atoms with Gasteiger partial charge in [-0.25, -0.2) is 0 Å². The van der Waals surface area contributed by atoms with Gasteiger partial charge in [0.15, 0.2) is 0 Å². The molecule has 0 amide bonds. The summed E-state index contributed by atoms with van der Waals surface area (Å²) in [7, 11) is 0. The Hall–Kier alpha value is -0.960. The second kappa shape index (κ2) is 4.13. The van der Waals surface area contributed by atoms with Crippen LogP contribution in [0.25, 0.3) is 0 Å². The summed E-state index contributed by atoms with van der Waals surface area (Å²) in [5, 5.41) is 8.24. The van der Waals surface area contributed by atoms with Crippen molar-refractivity contribution >= 4 is 17.6 Å². The molecule has 1 saturated heterocycles. The third-order valence-electron chi connectivity index (χ3n) is 3.48. The minimum Gasteiger partial charge on any atom is -0.348 e. The van der Waals surface area contributed by atoms with Crippen LogP contribution in [0.15, 0.2) is 24.3 Å². The fourth-order valence-corrected chi connectivity index (χ4v) is 3.74. The Morgan fingerprint density at radius 1 is 1.31 bits per heavy atom. The second-order valence-corrected chi connectivity index (χ2v) is 5.65. The predicted octanol–water partition coefficient (Wildman–Crippen LogP) is 2.72. The standard InChI is InChI=1S/C13H16N2S/c14-13-12-6-2-1-4-10(12)8-15(13)11-5-3-7-16-9-11/h1-2,4,6,11,14H,3,5,7-9H2. The van der Waals surface area contributed by atoms with Crippen molar-refractivity contribution in [2.45, 2.75) is 25.4 Å². The monoisotopic (exact) mass is 232 g/mol. The summed E-state index contributed by atoms with van der Waals surface area (Å²) in [6.07, 6.45) is 2.55. The average Bonchev–Trinajstić information content (AvgIpc) is 2.69. The fourth-order valence-electron chi connectivity index (χ4n) is 2.59. The van der Waals surface area contributed by atoms with E-state index in [1.54, 1.807) is 0 Å². The average molecular weight is 232 g/mol. The van der Waals surface area contributed by atoms with Gasteiger partial charge < -0.3 is 4.90 Å². The molecule has 0 aromatic heterocycles. The summed E-state index contributed by atoms with van der Waals surface area (Å²) in [4.78, 5) is 2.29. The Morgan fingerprint density at radius 3 is 2.94 bits per heavy atom. The zero-order valence-corrected chi connectivity index (χ0v) is 10.1. The van der Waals surface area contributed by atoms with E-state index in [2.05, 4.69) is 23.1 Å². The van der Waals surface area contributed by atoms with Crippen molar-refractivity contribution in [3.63, 3.8) is 0 Å². The van der Waals surface area contributed by atoms with Gasteiger partial charge in [-0.2, -0.15) is 11.8 Å². The Bertz CT molecular complexity index is 410. The molecule has 84 valence electrons. The molecule has 3 rings (SSSR count).